The maximum absolute atomic E-state index is 12.5. The van der Waals surface area contributed by atoms with Crippen molar-refractivity contribution >= 4 is 15.9 Å². The molecule has 1 atom stereocenters. The molecule has 1 saturated heterocycles. The molecule has 0 unspecified atom stereocenters. The maximum atomic E-state index is 12.5. The van der Waals surface area contributed by atoms with Crippen LogP contribution in [0.3, 0.4) is 0 Å². The van der Waals surface area contributed by atoms with Crippen molar-refractivity contribution in [1.82, 2.24) is 9.62 Å². The number of benzene rings is 1. The smallest absolute Gasteiger partial charge is 0.227 e. The number of ether oxygens (including phenoxy) is 2. The number of piperidine rings is 1. The molecule has 0 bridgehead atoms. The first-order valence-electron chi connectivity index (χ1n) is 8.42. The Morgan fingerprint density at radius 1 is 1.32 bits per heavy atom. The lowest BCUT2D eigenvalue weighted by molar-refractivity contribution is -0.127. The second-order valence-corrected chi connectivity index (χ2v) is 8.61. The van der Waals surface area contributed by atoms with E-state index in [1.807, 2.05) is 18.2 Å². The number of carbonyl (C=O) groups excluding carboxylic acids is 1. The number of nitrogens with one attached hydrogen (secondary N) is 1. The zero-order chi connectivity index (χ0) is 18.0. The molecule has 2 aliphatic rings. The van der Waals surface area contributed by atoms with Gasteiger partial charge in [-0.1, -0.05) is 6.07 Å². The van der Waals surface area contributed by atoms with Crippen LogP contribution in [0.1, 0.15) is 18.4 Å². The van der Waals surface area contributed by atoms with Gasteiger partial charge in [-0.3, -0.25) is 4.79 Å². The average Bonchev–Trinajstić information content (AvgIpc) is 2.60. The maximum Gasteiger partial charge on any atom is 0.227 e. The molecule has 0 radical (unpaired) electrons. The first-order chi connectivity index (χ1) is 11.9. The Hall–Kier alpha value is -1.80. The predicted octanol–water partition coefficient (Wildman–Crippen LogP) is 0.786. The Bertz CT molecular complexity index is 741. The molecule has 3 rings (SSSR count). The zero-order valence-corrected chi connectivity index (χ0v) is 15.3. The van der Waals surface area contributed by atoms with Crippen LogP contribution in [0.5, 0.6) is 11.5 Å². The van der Waals surface area contributed by atoms with Crippen LogP contribution in [0.25, 0.3) is 0 Å². The van der Waals surface area contributed by atoms with Crippen LogP contribution in [0.15, 0.2) is 18.2 Å². The van der Waals surface area contributed by atoms with Crippen molar-refractivity contribution in [2.75, 3.05) is 33.1 Å². The molecule has 138 valence electrons. The minimum absolute atomic E-state index is 0.0164. The molecule has 8 heteroatoms. The van der Waals surface area contributed by atoms with E-state index in [9.17, 15) is 13.2 Å². The van der Waals surface area contributed by atoms with Gasteiger partial charge in [-0.2, -0.15) is 0 Å². The van der Waals surface area contributed by atoms with Gasteiger partial charge in [0, 0.05) is 25.2 Å². The Morgan fingerprint density at radius 2 is 2.04 bits per heavy atom. The number of amides is 1. The molecule has 1 amide bonds. The summed E-state index contributed by atoms with van der Waals surface area (Å²) in [5.41, 5.74) is 0.999. The van der Waals surface area contributed by atoms with Gasteiger partial charge in [0.25, 0.3) is 0 Å². The lowest BCUT2D eigenvalue weighted by atomic mass is 9.95. The van der Waals surface area contributed by atoms with Crippen molar-refractivity contribution < 1.29 is 22.7 Å². The van der Waals surface area contributed by atoms with Gasteiger partial charge in [0.2, 0.25) is 15.9 Å². The minimum Gasteiger partial charge on any atom is -0.497 e. The topological polar surface area (TPSA) is 84.9 Å². The van der Waals surface area contributed by atoms with Crippen molar-refractivity contribution in [3.05, 3.63) is 23.8 Å². The highest BCUT2D eigenvalue weighted by molar-refractivity contribution is 7.88. The Morgan fingerprint density at radius 3 is 2.68 bits per heavy atom. The Balaban J connectivity index is 1.54. The summed E-state index contributed by atoms with van der Waals surface area (Å²) in [5.74, 6) is 1.25. The van der Waals surface area contributed by atoms with Gasteiger partial charge >= 0.3 is 0 Å². The first-order valence-corrected chi connectivity index (χ1v) is 10.3. The standard InChI is InChI=1S/C17H24N2O5S/c1-23-15-4-3-12-9-13(11-24-16(12)10-15)17(20)18-14-5-7-19(8-6-14)25(2,21)22/h3-4,10,13-14H,5-9,11H2,1-2H3,(H,18,20)/t13-/m1/s1. The number of fused-ring (bicyclic) bond motifs is 1. The summed E-state index contributed by atoms with van der Waals surface area (Å²) in [4.78, 5) is 12.5. The molecular formula is C17H24N2O5S. The van der Waals surface area contributed by atoms with E-state index in [4.69, 9.17) is 9.47 Å². The number of nitrogens with zero attached hydrogens (tertiary/aromatic N) is 1. The fourth-order valence-corrected chi connectivity index (χ4v) is 4.17. The molecule has 1 fully saturated rings. The van der Waals surface area contributed by atoms with Crippen molar-refractivity contribution in [1.29, 1.82) is 0 Å². The quantitative estimate of drug-likeness (QED) is 0.849. The van der Waals surface area contributed by atoms with Gasteiger partial charge < -0.3 is 14.8 Å². The zero-order valence-electron chi connectivity index (χ0n) is 14.5. The molecule has 1 aromatic carbocycles. The summed E-state index contributed by atoms with van der Waals surface area (Å²) in [6.45, 7) is 1.25. The lowest BCUT2D eigenvalue weighted by Crippen LogP contribution is -2.48. The molecular weight excluding hydrogens is 344 g/mol. The molecule has 0 aromatic heterocycles. The van der Waals surface area contributed by atoms with Gasteiger partial charge in [0.1, 0.15) is 18.1 Å². The second-order valence-electron chi connectivity index (χ2n) is 6.63. The van der Waals surface area contributed by atoms with Crippen molar-refractivity contribution in [2.24, 2.45) is 5.92 Å². The summed E-state index contributed by atoms with van der Waals surface area (Å²) in [6, 6.07) is 5.65. The molecule has 0 spiro atoms. The molecule has 1 aromatic rings. The van der Waals surface area contributed by atoms with E-state index in [0.29, 0.717) is 39.0 Å². The summed E-state index contributed by atoms with van der Waals surface area (Å²) < 4.78 is 35.4. The van der Waals surface area contributed by atoms with Gasteiger partial charge in [-0.15, -0.1) is 0 Å². The van der Waals surface area contributed by atoms with Crippen molar-refractivity contribution in [3.63, 3.8) is 0 Å². The third kappa shape index (κ3) is 4.24. The number of methoxy groups -OCH3 is 1. The summed E-state index contributed by atoms with van der Waals surface area (Å²) in [6.07, 6.45) is 3.13. The van der Waals surface area contributed by atoms with Crippen LogP contribution in [0.2, 0.25) is 0 Å². The van der Waals surface area contributed by atoms with Crippen LogP contribution >= 0.6 is 0 Å². The SMILES string of the molecule is COc1ccc2c(c1)OC[C@H](C(=O)NC1CCN(S(C)(=O)=O)CC1)C2. The third-order valence-electron chi connectivity index (χ3n) is 4.82. The van der Waals surface area contributed by atoms with E-state index >= 15 is 0 Å². The minimum atomic E-state index is -3.15. The summed E-state index contributed by atoms with van der Waals surface area (Å²) in [7, 11) is -1.54. The van der Waals surface area contributed by atoms with E-state index in [2.05, 4.69) is 5.32 Å². The van der Waals surface area contributed by atoms with Gasteiger partial charge in [0.05, 0.1) is 19.3 Å². The normalized spacial score (nSPS) is 21.9. The lowest BCUT2D eigenvalue weighted by Gasteiger charge is -2.32. The average molecular weight is 368 g/mol. The van der Waals surface area contributed by atoms with Crippen LogP contribution in [-0.4, -0.2) is 57.7 Å². The third-order valence-corrected chi connectivity index (χ3v) is 6.12. The number of hydrogen-bond donors (Lipinski definition) is 1. The Kier molecular flexibility index (Phi) is 5.19. The molecule has 0 aliphatic carbocycles. The van der Waals surface area contributed by atoms with E-state index in [1.165, 1.54) is 10.6 Å². The van der Waals surface area contributed by atoms with E-state index in [1.54, 1.807) is 7.11 Å². The highest BCUT2D eigenvalue weighted by Gasteiger charge is 2.30. The van der Waals surface area contributed by atoms with Gasteiger partial charge in [-0.05, 0) is 30.9 Å². The summed E-state index contributed by atoms with van der Waals surface area (Å²) in [5, 5.41) is 3.05. The molecule has 7 nitrogen and oxygen atoms in total. The predicted molar refractivity (Wildman–Crippen MR) is 93.3 cm³/mol. The van der Waals surface area contributed by atoms with E-state index < -0.39 is 10.0 Å². The summed E-state index contributed by atoms with van der Waals surface area (Å²) >= 11 is 0. The monoisotopic (exact) mass is 368 g/mol. The number of carbonyl (C=O) groups is 1. The Labute approximate surface area is 148 Å². The highest BCUT2D eigenvalue weighted by Crippen LogP contribution is 2.31. The van der Waals surface area contributed by atoms with Crippen molar-refractivity contribution in [3.8, 4) is 11.5 Å². The van der Waals surface area contributed by atoms with Crippen LogP contribution in [-0.2, 0) is 21.2 Å². The van der Waals surface area contributed by atoms with Gasteiger partial charge in [0.15, 0.2) is 0 Å². The van der Waals surface area contributed by atoms with Crippen LogP contribution in [0.4, 0.5) is 0 Å². The molecule has 1 N–H and O–H groups in total. The number of rotatable bonds is 4. The molecule has 2 aliphatic heterocycles. The second kappa shape index (κ2) is 7.21. The van der Waals surface area contributed by atoms with E-state index in [0.717, 1.165) is 17.1 Å². The molecule has 2 heterocycles. The van der Waals surface area contributed by atoms with Gasteiger partial charge in [-0.25, -0.2) is 12.7 Å². The first kappa shape index (κ1) is 18.0. The van der Waals surface area contributed by atoms with Crippen LogP contribution < -0.4 is 14.8 Å². The largest absolute Gasteiger partial charge is 0.497 e. The fourth-order valence-electron chi connectivity index (χ4n) is 3.30. The molecule has 25 heavy (non-hydrogen) atoms. The van der Waals surface area contributed by atoms with Crippen molar-refractivity contribution in [2.45, 2.75) is 25.3 Å². The number of hydrogen-bond acceptors (Lipinski definition) is 5. The van der Waals surface area contributed by atoms with E-state index in [-0.39, 0.29) is 17.9 Å². The number of sulfonamides is 1. The highest BCUT2D eigenvalue weighted by atomic mass is 32.2. The molecule has 0 saturated carbocycles. The fraction of sp³-hybridized carbons (Fsp3) is 0.588. The van der Waals surface area contributed by atoms with Crippen LogP contribution in [0, 0.1) is 5.92 Å².